The molecule has 5 nitrogen and oxygen atoms in total. The molecule has 7 heteroatoms. The molecule has 1 aromatic carbocycles. The van der Waals surface area contributed by atoms with Crippen LogP contribution in [0.2, 0.25) is 5.15 Å². The molecule has 1 aromatic heterocycles. The number of rotatable bonds is 2. The van der Waals surface area contributed by atoms with Crippen molar-refractivity contribution < 1.29 is 4.39 Å². The van der Waals surface area contributed by atoms with Crippen molar-refractivity contribution in [3.05, 3.63) is 56.1 Å². The van der Waals surface area contributed by atoms with Crippen LogP contribution in [-0.4, -0.2) is 23.6 Å². The van der Waals surface area contributed by atoms with Gasteiger partial charge in [0.15, 0.2) is 5.15 Å². The highest BCUT2D eigenvalue weighted by atomic mass is 35.5. The Morgan fingerprint density at radius 2 is 1.79 bits per heavy atom. The molecule has 0 bridgehead atoms. The lowest BCUT2D eigenvalue weighted by molar-refractivity contribution is 0.584. The first-order valence-corrected chi connectivity index (χ1v) is 5.77. The number of H-pyrrole nitrogens is 1. The lowest BCUT2D eigenvalue weighted by Gasteiger charge is -2.13. The van der Waals surface area contributed by atoms with Gasteiger partial charge in [0.25, 0.3) is 5.56 Å². The first-order chi connectivity index (χ1) is 8.91. The molecule has 0 radical (unpaired) electrons. The average molecular weight is 284 g/mol. The normalized spacial score (nSPS) is 10.5. The molecule has 1 N–H and O–H groups in total. The van der Waals surface area contributed by atoms with Crippen molar-refractivity contribution in [1.29, 1.82) is 0 Å². The van der Waals surface area contributed by atoms with Crippen LogP contribution in [0.3, 0.4) is 0 Å². The zero-order chi connectivity index (χ0) is 14.2. The number of hydrogen-bond acceptors (Lipinski definition) is 3. The number of nitrogens with one attached hydrogen (secondary N) is 1. The Balaban J connectivity index is 2.63. The molecule has 0 saturated carbocycles. The average Bonchev–Trinajstić information content (AvgIpc) is 2.37. The zero-order valence-corrected chi connectivity index (χ0v) is 11.0. The van der Waals surface area contributed by atoms with E-state index < -0.39 is 22.2 Å². The Hall–Kier alpha value is -2.08. The quantitative estimate of drug-likeness (QED) is 0.847. The van der Waals surface area contributed by atoms with Crippen LogP contribution in [-0.2, 0) is 0 Å². The van der Waals surface area contributed by atoms with E-state index >= 15 is 0 Å². The molecule has 0 unspecified atom stereocenters. The fourth-order valence-electron chi connectivity index (χ4n) is 1.62. The van der Waals surface area contributed by atoms with Crippen molar-refractivity contribution in [1.82, 2.24) is 9.55 Å². The molecule has 0 aliphatic carbocycles. The molecule has 0 fully saturated rings. The highest BCUT2D eigenvalue weighted by molar-refractivity contribution is 6.29. The first kappa shape index (κ1) is 13.4. The van der Waals surface area contributed by atoms with E-state index in [1.165, 1.54) is 0 Å². The number of benzene rings is 1. The highest BCUT2D eigenvalue weighted by Gasteiger charge is 2.13. The Morgan fingerprint density at radius 3 is 2.32 bits per heavy atom. The molecular formula is C12H11ClFN3O2. The van der Waals surface area contributed by atoms with Crippen LogP contribution < -0.4 is 16.1 Å². The van der Waals surface area contributed by atoms with Gasteiger partial charge in [-0.25, -0.2) is 9.36 Å². The Morgan fingerprint density at radius 1 is 1.21 bits per heavy atom. The van der Waals surface area contributed by atoms with E-state index in [-0.39, 0.29) is 5.69 Å². The van der Waals surface area contributed by atoms with E-state index in [0.29, 0.717) is 4.57 Å². The lowest BCUT2D eigenvalue weighted by atomic mass is 10.2. The molecule has 0 aliphatic rings. The van der Waals surface area contributed by atoms with E-state index in [1.54, 1.807) is 24.3 Å². The lowest BCUT2D eigenvalue weighted by Crippen LogP contribution is -2.35. The summed E-state index contributed by atoms with van der Waals surface area (Å²) in [5, 5.41) is -0.587. The van der Waals surface area contributed by atoms with E-state index in [1.807, 2.05) is 19.0 Å². The summed E-state index contributed by atoms with van der Waals surface area (Å²) in [5.74, 6) is -1.18. The highest BCUT2D eigenvalue weighted by Crippen LogP contribution is 2.13. The summed E-state index contributed by atoms with van der Waals surface area (Å²) in [4.78, 5) is 27.3. The smallest absolute Gasteiger partial charge is 0.334 e. The minimum Gasteiger partial charge on any atom is -0.378 e. The maximum atomic E-state index is 13.4. The summed E-state index contributed by atoms with van der Waals surface area (Å²) < 4.78 is 14.1. The van der Waals surface area contributed by atoms with E-state index in [4.69, 9.17) is 11.6 Å². The van der Waals surface area contributed by atoms with Gasteiger partial charge in [-0.15, -0.1) is 0 Å². The minimum atomic E-state index is -1.18. The monoisotopic (exact) mass is 283 g/mol. The molecule has 2 aromatic rings. The SMILES string of the molecule is CN(C)c1ccc(-n2c(=O)[nH]c(Cl)c(F)c2=O)cc1. The Labute approximate surface area is 112 Å². The number of anilines is 1. The molecule has 0 atom stereocenters. The van der Waals surface area contributed by atoms with Crippen LogP contribution in [0.5, 0.6) is 0 Å². The molecule has 0 spiro atoms. The number of aromatic nitrogens is 2. The Bertz CT molecular complexity index is 719. The van der Waals surface area contributed by atoms with Gasteiger partial charge in [0.2, 0.25) is 5.82 Å². The molecular weight excluding hydrogens is 273 g/mol. The molecule has 1 heterocycles. The summed E-state index contributed by atoms with van der Waals surface area (Å²) in [7, 11) is 3.71. The topological polar surface area (TPSA) is 58.1 Å². The number of halogens is 2. The summed E-state index contributed by atoms with van der Waals surface area (Å²) in [6.07, 6.45) is 0. The van der Waals surface area contributed by atoms with Crippen molar-refractivity contribution >= 4 is 17.3 Å². The minimum absolute atomic E-state index is 0.271. The largest absolute Gasteiger partial charge is 0.378 e. The standard InChI is InChI=1S/C12H11ClFN3O2/c1-16(2)7-3-5-8(6-4-7)17-11(18)9(14)10(13)15-12(17)19/h3-6H,1-2H3,(H,15,19). The van der Waals surface area contributed by atoms with Crippen molar-refractivity contribution in [3.63, 3.8) is 0 Å². The molecule has 0 saturated heterocycles. The molecule has 0 aliphatic heterocycles. The van der Waals surface area contributed by atoms with E-state index in [0.717, 1.165) is 5.69 Å². The summed E-state index contributed by atoms with van der Waals surface area (Å²) in [5.41, 5.74) is -0.699. The third kappa shape index (κ3) is 2.39. The van der Waals surface area contributed by atoms with Gasteiger partial charge in [0, 0.05) is 19.8 Å². The van der Waals surface area contributed by atoms with E-state index in [2.05, 4.69) is 4.98 Å². The van der Waals surface area contributed by atoms with Crippen LogP contribution >= 0.6 is 11.6 Å². The van der Waals surface area contributed by atoms with Crippen LogP contribution in [0.15, 0.2) is 33.9 Å². The van der Waals surface area contributed by atoms with Crippen LogP contribution in [0.25, 0.3) is 5.69 Å². The van der Waals surface area contributed by atoms with Gasteiger partial charge in [-0.1, -0.05) is 11.6 Å². The van der Waals surface area contributed by atoms with Gasteiger partial charge in [0.1, 0.15) is 0 Å². The van der Waals surface area contributed by atoms with Crippen molar-refractivity contribution in [3.8, 4) is 5.69 Å². The first-order valence-electron chi connectivity index (χ1n) is 5.40. The fraction of sp³-hybridized carbons (Fsp3) is 0.167. The maximum absolute atomic E-state index is 13.4. The van der Waals surface area contributed by atoms with Gasteiger partial charge in [-0.2, -0.15) is 4.39 Å². The zero-order valence-electron chi connectivity index (χ0n) is 10.3. The van der Waals surface area contributed by atoms with Crippen LogP contribution in [0.4, 0.5) is 10.1 Å². The summed E-state index contributed by atoms with van der Waals surface area (Å²) >= 11 is 5.39. The number of hydrogen-bond donors (Lipinski definition) is 1. The third-order valence-electron chi connectivity index (χ3n) is 2.63. The molecule has 2 rings (SSSR count). The van der Waals surface area contributed by atoms with Crippen molar-refractivity contribution in [2.24, 2.45) is 0 Å². The van der Waals surface area contributed by atoms with Crippen molar-refractivity contribution in [2.75, 3.05) is 19.0 Å². The predicted octanol–water partition coefficient (Wildman–Crippen LogP) is 1.38. The van der Waals surface area contributed by atoms with Gasteiger partial charge < -0.3 is 4.90 Å². The molecule has 0 amide bonds. The van der Waals surface area contributed by atoms with Gasteiger partial charge in [0.05, 0.1) is 5.69 Å². The second-order valence-corrected chi connectivity index (χ2v) is 4.49. The number of nitrogens with zero attached hydrogens (tertiary/aromatic N) is 2. The summed E-state index contributed by atoms with van der Waals surface area (Å²) in [6.45, 7) is 0. The predicted molar refractivity (Wildman–Crippen MR) is 72.0 cm³/mol. The molecule has 100 valence electrons. The van der Waals surface area contributed by atoms with Gasteiger partial charge in [-0.05, 0) is 24.3 Å². The van der Waals surface area contributed by atoms with E-state index in [9.17, 15) is 14.0 Å². The fourth-order valence-corrected chi connectivity index (χ4v) is 1.78. The molecule has 19 heavy (non-hydrogen) atoms. The van der Waals surface area contributed by atoms with Gasteiger partial charge in [-0.3, -0.25) is 9.78 Å². The number of aromatic amines is 1. The van der Waals surface area contributed by atoms with Crippen LogP contribution in [0, 0.1) is 5.82 Å². The maximum Gasteiger partial charge on any atom is 0.334 e. The summed E-state index contributed by atoms with van der Waals surface area (Å²) in [6, 6.07) is 6.54. The third-order valence-corrected chi connectivity index (χ3v) is 2.89. The van der Waals surface area contributed by atoms with Gasteiger partial charge >= 0.3 is 5.69 Å². The Kier molecular flexibility index (Phi) is 3.44. The second kappa shape index (κ2) is 4.89. The van der Waals surface area contributed by atoms with Crippen LogP contribution in [0.1, 0.15) is 0 Å². The van der Waals surface area contributed by atoms with Crippen molar-refractivity contribution in [2.45, 2.75) is 0 Å². The second-order valence-electron chi connectivity index (χ2n) is 4.11.